The summed E-state index contributed by atoms with van der Waals surface area (Å²) in [5, 5.41) is 4.46. The number of benzene rings is 1. The van der Waals surface area contributed by atoms with Crippen molar-refractivity contribution in [2.75, 3.05) is 13.1 Å². The van der Waals surface area contributed by atoms with Crippen LogP contribution in [0.4, 0.5) is 13.2 Å². The molecule has 5 nitrogen and oxygen atoms in total. The maximum atomic E-state index is 12.6. The molecule has 1 amide bonds. The van der Waals surface area contributed by atoms with Crippen LogP contribution < -0.4 is 5.32 Å². The van der Waals surface area contributed by atoms with E-state index in [1.165, 1.54) is 4.31 Å². The van der Waals surface area contributed by atoms with Gasteiger partial charge < -0.3 is 5.32 Å². The minimum Gasteiger partial charge on any atom is -0.349 e. The quantitative estimate of drug-likeness (QED) is 0.828. The number of halogens is 3. The van der Waals surface area contributed by atoms with Gasteiger partial charge in [0.2, 0.25) is 0 Å². The van der Waals surface area contributed by atoms with Crippen molar-refractivity contribution in [1.82, 2.24) is 9.62 Å². The van der Waals surface area contributed by atoms with E-state index in [0.717, 1.165) is 35.6 Å². The zero-order valence-corrected chi connectivity index (χ0v) is 15.7. The van der Waals surface area contributed by atoms with Crippen molar-refractivity contribution in [3.63, 3.8) is 0 Å². The second kappa shape index (κ2) is 7.61. The first-order chi connectivity index (χ1) is 12.7. The Bertz CT molecular complexity index is 887. The van der Waals surface area contributed by atoms with Crippen LogP contribution in [0.15, 0.2) is 46.0 Å². The molecule has 146 valence electrons. The fourth-order valence-corrected chi connectivity index (χ4v) is 5.47. The summed E-state index contributed by atoms with van der Waals surface area (Å²) in [6, 6.07) is 7.00. The number of thiophene rings is 1. The number of alkyl halides is 3. The van der Waals surface area contributed by atoms with E-state index >= 15 is 0 Å². The third-order valence-electron chi connectivity index (χ3n) is 4.35. The summed E-state index contributed by atoms with van der Waals surface area (Å²) in [6.07, 6.45) is -3.57. The summed E-state index contributed by atoms with van der Waals surface area (Å²) in [5.41, 5.74) is -0.678. The highest BCUT2D eigenvalue weighted by atomic mass is 32.2. The van der Waals surface area contributed by atoms with Crippen molar-refractivity contribution < 1.29 is 26.4 Å². The molecular formula is C17H17F3N2O3S2. The van der Waals surface area contributed by atoms with Gasteiger partial charge in [0.25, 0.3) is 15.9 Å². The van der Waals surface area contributed by atoms with Crippen LogP contribution in [0.1, 0.15) is 28.8 Å². The molecule has 0 atom stereocenters. The highest BCUT2D eigenvalue weighted by Gasteiger charge is 2.32. The molecule has 10 heteroatoms. The summed E-state index contributed by atoms with van der Waals surface area (Å²) in [4.78, 5) is 12.2. The average Bonchev–Trinajstić information content (AvgIpc) is 3.17. The SMILES string of the molecule is O=C(NC1CCN(S(=O)(=O)c2cccs2)CC1)c1ccc(C(F)(F)F)cc1. The lowest BCUT2D eigenvalue weighted by atomic mass is 10.1. The number of carbonyl (C=O) groups excluding carboxylic acids is 1. The Morgan fingerprint density at radius 1 is 1.11 bits per heavy atom. The Morgan fingerprint density at radius 2 is 1.74 bits per heavy atom. The van der Waals surface area contributed by atoms with Gasteiger partial charge in [-0.25, -0.2) is 8.42 Å². The Hall–Kier alpha value is -1.91. The van der Waals surface area contributed by atoms with E-state index in [-0.39, 0.29) is 28.9 Å². The first-order valence-corrected chi connectivity index (χ1v) is 10.5. The largest absolute Gasteiger partial charge is 0.416 e. The molecule has 0 saturated carbocycles. The van der Waals surface area contributed by atoms with E-state index in [2.05, 4.69) is 5.32 Å². The lowest BCUT2D eigenvalue weighted by molar-refractivity contribution is -0.137. The van der Waals surface area contributed by atoms with Gasteiger partial charge in [0.1, 0.15) is 4.21 Å². The lowest BCUT2D eigenvalue weighted by Crippen LogP contribution is -2.46. The molecule has 1 saturated heterocycles. The molecule has 0 radical (unpaired) electrons. The zero-order chi connectivity index (χ0) is 19.7. The van der Waals surface area contributed by atoms with Gasteiger partial charge >= 0.3 is 6.18 Å². The molecule has 2 heterocycles. The molecule has 1 aromatic carbocycles. The fourth-order valence-electron chi connectivity index (χ4n) is 2.86. The number of carbonyl (C=O) groups is 1. The maximum absolute atomic E-state index is 12.6. The predicted octanol–water partition coefficient (Wildman–Crippen LogP) is 3.35. The second-order valence-electron chi connectivity index (χ2n) is 6.16. The van der Waals surface area contributed by atoms with Crippen molar-refractivity contribution in [2.24, 2.45) is 0 Å². The Balaban J connectivity index is 1.57. The minimum absolute atomic E-state index is 0.136. The summed E-state index contributed by atoms with van der Waals surface area (Å²) < 4.78 is 64.3. The lowest BCUT2D eigenvalue weighted by Gasteiger charge is -2.31. The highest BCUT2D eigenvalue weighted by Crippen LogP contribution is 2.29. The Morgan fingerprint density at radius 3 is 2.26 bits per heavy atom. The summed E-state index contributed by atoms with van der Waals surface area (Å²) in [6.45, 7) is 0.552. The van der Waals surface area contributed by atoms with Gasteiger partial charge in [-0.1, -0.05) is 6.07 Å². The smallest absolute Gasteiger partial charge is 0.349 e. The van der Waals surface area contributed by atoms with Crippen LogP contribution in [0.25, 0.3) is 0 Å². The molecule has 1 fully saturated rings. The van der Waals surface area contributed by atoms with Crippen LogP contribution in [-0.4, -0.2) is 37.8 Å². The Labute approximate surface area is 158 Å². The van der Waals surface area contributed by atoms with Gasteiger partial charge in [-0.3, -0.25) is 4.79 Å². The molecule has 3 rings (SSSR count). The van der Waals surface area contributed by atoms with E-state index in [4.69, 9.17) is 0 Å². The monoisotopic (exact) mass is 418 g/mol. The highest BCUT2D eigenvalue weighted by molar-refractivity contribution is 7.91. The van der Waals surface area contributed by atoms with E-state index < -0.39 is 27.7 Å². The molecule has 27 heavy (non-hydrogen) atoms. The number of hydrogen-bond acceptors (Lipinski definition) is 4. The first kappa shape index (κ1) is 19.8. The van der Waals surface area contributed by atoms with Crippen molar-refractivity contribution >= 4 is 27.3 Å². The molecule has 1 aliphatic heterocycles. The van der Waals surface area contributed by atoms with Crippen LogP contribution in [0, 0.1) is 0 Å². The molecule has 1 aliphatic rings. The predicted molar refractivity (Wildman–Crippen MR) is 95.0 cm³/mol. The van der Waals surface area contributed by atoms with Gasteiger partial charge in [0.05, 0.1) is 5.56 Å². The van der Waals surface area contributed by atoms with E-state index in [1.54, 1.807) is 17.5 Å². The molecule has 1 aromatic heterocycles. The number of nitrogens with one attached hydrogen (secondary N) is 1. The van der Waals surface area contributed by atoms with Crippen LogP contribution >= 0.6 is 11.3 Å². The van der Waals surface area contributed by atoms with Gasteiger partial charge in [0.15, 0.2) is 0 Å². The van der Waals surface area contributed by atoms with Crippen LogP contribution in [0.2, 0.25) is 0 Å². The Kier molecular flexibility index (Phi) is 5.59. The van der Waals surface area contributed by atoms with Gasteiger partial charge in [-0.15, -0.1) is 11.3 Å². The third-order valence-corrected chi connectivity index (χ3v) is 7.62. The van der Waals surface area contributed by atoms with Crippen molar-refractivity contribution in [2.45, 2.75) is 29.3 Å². The molecule has 2 aromatic rings. The van der Waals surface area contributed by atoms with E-state index in [9.17, 15) is 26.4 Å². The number of amides is 1. The molecule has 0 bridgehead atoms. The van der Waals surface area contributed by atoms with E-state index in [1.807, 2.05) is 0 Å². The fraction of sp³-hybridized carbons (Fsp3) is 0.353. The number of nitrogens with zero attached hydrogens (tertiary/aromatic N) is 1. The first-order valence-electron chi connectivity index (χ1n) is 8.20. The number of hydrogen-bond donors (Lipinski definition) is 1. The number of rotatable bonds is 4. The van der Waals surface area contributed by atoms with Crippen LogP contribution in [0.3, 0.4) is 0 Å². The minimum atomic E-state index is -4.45. The number of piperidine rings is 1. The molecule has 1 N–H and O–H groups in total. The second-order valence-corrected chi connectivity index (χ2v) is 9.27. The average molecular weight is 418 g/mol. The van der Waals surface area contributed by atoms with Crippen molar-refractivity contribution in [3.05, 3.63) is 52.9 Å². The molecule has 0 spiro atoms. The van der Waals surface area contributed by atoms with Gasteiger partial charge in [-0.2, -0.15) is 17.5 Å². The third kappa shape index (κ3) is 4.50. The van der Waals surface area contributed by atoms with Gasteiger partial charge in [0, 0.05) is 24.7 Å². The summed E-state index contributed by atoms with van der Waals surface area (Å²) in [7, 11) is -3.51. The summed E-state index contributed by atoms with van der Waals surface area (Å²) >= 11 is 1.16. The normalized spacial score (nSPS) is 17.0. The van der Waals surface area contributed by atoms with Crippen LogP contribution in [-0.2, 0) is 16.2 Å². The standard InChI is InChI=1S/C17H17F3N2O3S2/c18-17(19,20)13-5-3-12(4-6-13)16(23)21-14-7-9-22(10-8-14)27(24,25)15-2-1-11-26-15/h1-6,11,14H,7-10H2,(H,21,23). The number of sulfonamides is 1. The molecule has 0 unspecified atom stereocenters. The van der Waals surface area contributed by atoms with Crippen molar-refractivity contribution in [1.29, 1.82) is 0 Å². The maximum Gasteiger partial charge on any atom is 0.416 e. The molecular weight excluding hydrogens is 401 g/mol. The van der Waals surface area contributed by atoms with Crippen LogP contribution in [0.5, 0.6) is 0 Å². The van der Waals surface area contributed by atoms with E-state index in [0.29, 0.717) is 12.8 Å². The zero-order valence-electron chi connectivity index (χ0n) is 14.1. The topological polar surface area (TPSA) is 66.5 Å². The van der Waals surface area contributed by atoms with Crippen molar-refractivity contribution in [3.8, 4) is 0 Å². The summed E-state index contributed by atoms with van der Waals surface area (Å²) in [5.74, 6) is -0.469. The molecule has 0 aliphatic carbocycles. The van der Waals surface area contributed by atoms with Gasteiger partial charge in [-0.05, 0) is 48.6 Å².